The predicted molar refractivity (Wildman–Crippen MR) is 193 cm³/mol. The number of amides is 2. The fraction of sp³-hybridized carbons (Fsp3) is 0.190. The average Bonchev–Trinajstić information content (AvgIpc) is 3.52. The Morgan fingerprint density at radius 1 is 0.667 bits per heavy atom. The van der Waals surface area contributed by atoms with Crippen LogP contribution in [0.4, 0.5) is 26.7 Å². The Morgan fingerprint density at radius 3 is 1.63 bits per heavy atom. The summed E-state index contributed by atoms with van der Waals surface area (Å²) in [6.07, 6.45) is 0.324. The van der Waals surface area contributed by atoms with Crippen LogP contribution in [0.5, 0.6) is 0 Å². The number of hydrogen-bond acceptors (Lipinski definition) is 4. The third-order valence-corrected chi connectivity index (χ3v) is 8.78. The number of benzene rings is 5. The standard InChI is InChI=1S/C42H36F5N3O4/c1-41(2,3)53-40(52)48-32(23-26-24-50(33-22-14-13-21-30(26)33)25-31-34(43)36(45)38(47)37(46)35(31)44)39(51)49-54-42(27-15-7-4-8-16-27,28-17-9-5-10-18-28)29-19-11-6-12-20-29/h4-22,24,32H,23,25H2,1-3H3,(H,48,52)(H,49,51)/t32-/m0/s1. The molecule has 1 heterocycles. The highest BCUT2D eigenvalue weighted by molar-refractivity contribution is 5.88. The van der Waals surface area contributed by atoms with E-state index in [0.29, 0.717) is 33.2 Å². The second kappa shape index (κ2) is 15.5. The van der Waals surface area contributed by atoms with Crippen LogP contribution in [-0.4, -0.2) is 28.2 Å². The zero-order valence-electron chi connectivity index (χ0n) is 29.5. The van der Waals surface area contributed by atoms with E-state index in [-0.39, 0.29) is 6.42 Å². The summed E-state index contributed by atoms with van der Waals surface area (Å²) in [5.74, 6) is -11.1. The van der Waals surface area contributed by atoms with Crippen molar-refractivity contribution in [3.63, 3.8) is 0 Å². The van der Waals surface area contributed by atoms with Gasteiger partial charge in [0.15, 0.2) is 28.9 Å². The molecule has 5 aromatic carbocycles. The van der Waals surface area contributed by atoms with Crippen molar-refractivity contribution in [2.75, 3.05) is 0 Å². The molecule has 0 aliphatic rings. The number of carbonyl (C=O) groups is 2. The van der Waals surface area contributed by atoms with Gasteiger partial charge in [0.2, 0.25) is 5.82 Å². The van der Waals surface area contributed by atoms with Gasteiger partial charge in [-0.05, 0) is 49.1 Å². The first-order valence-electron chi connectivity index (χ1n) is 17.0. The van der Waals surface area contributed by atoms with E-state index in [1.165, 1.54) is 10.8 Å². The normalized spacial score (nSPS) is 12.4. The molecule has 2 amide bonds. The summed E-state index contributed by atoms with van der Waals surface area (Å²) in [6.45, 7) is 4.25. The van der Waals surface area contributed by atoms with E-state index >= 15 is 0 Å². The van der Waals surface area contributed by atoms with Crippen LogP contribution in [0, 0.1) is 29.1 Å². The van der Waals surface area contributed by atoms with Crippen molar-refractivity contribution >= 4 is 22.9 Å². The summed E-state index contributed by atoms with van der Waals surface area (Å²) in [5, 5.41) is 3.12. The van der Waals surface area contributed by atoms with Crippen molar-refractivity contribution in [2.24, 2.45) is 0 Å². The molecule has 0 saturated carbocycles. The lowest BCUT2D eigenvalue weighted by Gasteiger charge is -2.35. The van der Waals surface area contributed by atoms with Gasteiger partial charge in [-0.3, -0.25) is 9.63 Å². The van der Waals surface area contributed by atoms with Gasteiger partial charge in [0.1, 0.15) is 11.6 Å². The molecule has 0 aliphatic carbocycles. The van der Waals surface area contributed by atoms with Crippen LogP contribution in [0.25, 0.3) is 10.9 Å². The number of hydroxylamine groups is 1. The highest BCUT2D eigenvalue weighted by Crippen LogP contribution is 2.40. The van der Waals surface area contributed by atoms with Crippen molar-refractivity contribution in [3.05, 3.63) is 178 Å². The fourth-order valence-electron chi connectivity index (χ4n) is 6.35. The predicted octanol–water partition coefficient (Wildman–Crippen LogP) is 8.86. The Hall–Kier alpha value is -6.01. The van der Waals surface area contributed by atoms with Crippen LogP contribution in [0.15, 0.2) is 121 Å². The van der Waals surface area contributed by atoms with Crippen molar-refractivity contribution in [3.8, 4) is 0 Å². The van der Waals surface area contributed by atoms with Gasteiger partial charge in [0.25, 0.3) is 5.91 Å². The molecule has 0 bridgehead atoms. The van der Waals surface area contributed by atoms with E-state index in [4.69, 9.17) is 9.57 Å². The number of rotatable bonds is 11. The molecule has 6 rings (SSSR count). The van der Waals surface area contributed by atoms with Gasteiger partial charge in [0, 0.05) is 29.1 Å². The van der Waals surface area contributed by atoms with E-state index in [1.54, 1.807) is 45.0 Å². The van der Waals surface area contributed by atoms with Crippen LogP contribution in [0.2, 0.25) is 0 Å². The number of nitrogens with one attached hydrogen (secondary N) is 2. The number of carbonyl (C=O) groups excluding carboxylic acids is 2. The second-order valence-corrected chi connectivity index (χ2v) is 13.6. The largest absolute Gasteiger partial charge is 0.444 e. The Balaban J connectivity index is 1.39. The quantitative estimate of drug-likeness (QED) is 0.0457. The Kier molecular flexibility index (Phi) is 10.9. The molecule has 7 nitrogen and oxygen atoms in total. The monoisotopic (exact) mass is 741 g/mol. The maximum Gasteiger partial charge on any atom is 0.408 e. The Bertz CT molecular complexity index is 2150. The molecule has 1 aromatic heterocycles. The van der Waals surface area contributed by atoms with Gasteiger partial charge in [-0.2, -0.15) is 0 Å². The topological polar surface area (TPSA) is 81.6 Å². The molecule has 1 atom stereocenters. The first-order chi connectivity index (χ1) is 25.8. The summed E-state index contributed by atoms with van der Waals surface area (Å²) < 4.78 is 78.4. The Morgan fingerprint density at radius 2 is 1.13 bits per heavy atom. The summed E-state index contributed by atoms with van der Waals surface area (Å²) in [7, 11) is 0. The zero-order valence-corrected chi connectivity index (χ0v) is 29.5. The minimum atomic E-state index is -2.26. The first-order valence-corrected chi connectivity index (χ1v) is 17.0. The van der Waals surface area contributed by atoms with E-state index in [9.17, 15) is 31.5 Å². The smallest absolute Gasteiger partial charge is 0.408 e. The lowest BCUT2D eigenvalue weighted by Crippen LogP contribution is -2.51. The summed E-state index contributed by atoms with van der Waals surface area (Å²) in [6, 6.07) is 33.0. The molecule has 0 fully saturated rings. The molecule has 0 aliphatic heterocycles. The third-order valence-electron chi connectivity index (χ3n) is 8.78. The number of para-hydroxylation sites is 1. The molecular formula is C42H36F5N3O4. The Labute approximate surface area is 308 Å². The first kappa shape index (κ1) is 37.7. The zero-order chi connectivity index (χ0) is 38.6. The molecule has 2 N–H and O–H groups in total. The number of aromatic nitrogens is 1. The van der Waals surface area contributed by atoms with E-state index in [0.717, 1.165) is 0 Å². The van der Waals surface area contributed by atoms with Gasteiger partial charge in [-0.1, -0.05) is 109 Å². The SMILES string of the molecule is CC(C)(C)OC(=O)N[C@@H](Cc1cn(Cc2c(F)c(F)c(F)c(F)c2F)c2ccccc12)C(=O)NOC(c1ccccc1)(c1ccccc1)c1ccccc1. The summed E-state index contributed by atoms with van der Waals surface area (Å²) in [5.41, 5.74) is 2.14. The van der Waals surface area contributed by atoms with Crippen LogP contribution in [-0.2, 0) is 32.9 Å². The number of ether oxygens (including phenoxy) is 1. The van der Waals surface area contributed by atoms with Crippen molar-refractivity contribution in [2.45, 2.75) is 51.0 Å². The molecule has 278 valence electrons. The van der Waals surface area contributed by atoms with Crippen LogP contribution < -0.4 is 10.8 Å². The van der Waals surface area contributed by atoms with Crippen LogP contribution >= 0.6 is 0 Å². The highest BCUT2D eigenvalue weighted by Gasteiger charge is 2.40. The van der Waals surface area contributed by atoms with E-state index in [1.807, 2.05) is 91.0 Å². The molecule has 0 radical (unpaired) electrons. The maximum absolute atomic E-state index is 14.8. The summed E-state index contributed by atoms with van der Waals surface area (Å²) >= 11 is 0. The van der Waals surface area contributed by atoms with Crippen LogP contribution in [0.3, 0.4) is 0 Å². The van der Waals surface area contributed by atoms with Crippen molar-refractivity contribution in [1.29, 1.82) is 0 Å². The number of halogens is 5. The molecule has 12 heteroatoms. The summed E-state index contributed by atoms with van der Waals surface area (Å²) in [4.78, 5) is 33.9. The number of fused-ring (bicyclic) bond motifs is 1. The molecule has 54 heavy (non-hydrogen) atoms. The maximum atomic E-state index is 14.8. The molecule has 0 saturated heterocycles. The van der Waals surface area contributed by atoms with Gasteiger partial charge >= 0.3 is 6.09 Å². The van der Waals surface area contributed by atoms with E-state index in [2.05, 4.69) is 10.8 Å². The van der Waals surface area contributed by atoms with Gasteiger partial charge < -0.3 is 14.6 Å². The number of nitrogens with zero attached hydrogens (tertiary/aromatic N) is 1. The fourth-order valence-corrected chi connectivity index (χ4v) is 6.35. The van der Waals surface area contributed by atoms with Crippen molar-refractivity contribution < 1.29 is 41.1 Å². The molecular weight excluding hydrogens is 705 g/mol. The van der Waals surface area contributed by atoms with Gasteiger partial charge in [-0.25, -0.2) is 32.2 Å². The lowest BCUT2D eigenvalue weighted by atomic mass is 9.80. The minimum absolute atomic E-state index is 0.200. The molecule has 6 aromatic rings. The third kappa shape index (κ3) is 7.69. The minimum Gasteiger partial charge on any atom is -0.444 e. The van der Waals surface area contributed by atoms with Crippen LogP contribution in [0.1, 0.15) is 48.6 Å². The number of hydrogen-bond donors (Lipinski definition) is 2. The second-order valence-electron chi connectivity index (χ2n) is 13.6. The molecule has 0 unspecified atom stereocenters. The highest BCUT2D eigenvalue weighted by atomic mass is 19.2. The van der Waals surface area contributed by atoms with E-state index < -0.39 is 70.4 Å². The average molecular weight is 742 g/mol. The van der Waals surface area contributed by atoms with Gasteiger partial charge in [-0.15, -0.1) is 0 Å². The number of alkyl carbamates (subject to hydrolysis) is 1. The van der Waals surface area contributed by atoms with Crippen molar-refractivity contribution in [1.82, 2.24) is 15.4 Å². The van der Waals surface area contributed by atoms with Gasteiger partial charge in [0.05, 0.1) is 6.54 Å². The molecule has 0 spiro atoms. The lowest BCUT2D eigenvalue weighted by molar-refractivity contribution is -0.145.